The number of thiazole rings is 1. The summed E-state index contributed by atoms with van der Waals surface area (Å²) < 4.78 is 7.26. The van der Waals surface area contributed by atoms with Crippen LogP contribution in [-0.2, 0) is 5.75 Å². The third kappa shape index (κ3) is 3.60. The molecule has 0 aliphatic carbocycles. The lowest BCUT2D eigenvalue weighted by Gasteiger charge is -2.06. The van der Waals surface area contributed by atoms with Gasteiger partial charge in [-0.2, -0.15) is 0 Å². The van der Waals surface area contributed by atoms with Crippen LogP contribution < -0.4 is 10.5 Å². The van der Waals surface area contributed by atoms with Crippen molar-refractivity contribution in [2.45, 2.75) is 10.1 Å². The van der Waals surface area contributed by atoms with Crippen LogP contribution in [0.15, 0.2) is 32.4 Å². The maximum absolute atomic E-state index is 5.57. The second kappa shape index (κ2) is 6.95. The monoisotopic (exact) mass is 414 g/mol. The molecule has 2 aromatic heterocycles. The highest BCUT2D eigenvalue weighted by atomic mass is 79.9. The fourth-order valence-electron chi connectivity index (χ4n) is 1.76. The zero-order chi connectivity index (χ0) is 15.5. The Labute approximate surface area is 148 Å². The van der Waals surface area contributed by atoms with Gasteiger partial charge in [0.1, 0.15) is 10.8 Å². The SMILES string of the molecule is COc1ccc(Br)cc1-c1nc(CSc2nnc(N)s2)cs1. The molecule has 5 nitrogen and oxygen atoms in total. The number of halogens is 1. The van der Waals surface area contributed by atoms with Crippen molar-refractivity contribution in [1.29, 1.82) is 0 Å². The van der Waals surface area contributed by atoms with E-state index in [-0.39, 0.29) is 0 Å². The van der Waals surface area contributed by atoms with E-state index in [2.05, 4.69) is 31.1 Å². The third-order valence-electron chi connectivity index (χ3n) is 2.71. The molecule has 0 aliphatic heterocycles. The van der Waals surface area contributed by atoms with Crippen LogP contribution in [0.2, 0.25) is 0 Å². The van der Waals surface area contributed by atoms with E-state index in [0.717, 1.165) is 36.6 Å². The van der Waals surface area contributed by atoms with Crippen LogP contribution in [0.1, 0.15) is 5.69 Å². The summed E-state index contributed by atoms with van der Waals surface area (Å²) in [6.07, 6.45) is 0. The number of aromatic nitrogens is 3. The Morgan fingerprint density at radius 1 is 1.36 bits per heavy atom. The predicted octanol–water partition coefficient (Wildman–Crippen LogP) is 4.31. The van der Waals surface area contributed by atoms with Crippen molar-refractivity contribution in [2.24, 2.45) is 0 Å². The van der Waals surface area contributed by atoms with Crippen LogP contribution >= 0.6 is 50.4 Å². The average molecular weight is 415 g/mol. The van der Waals surface area contributed by atoms with Crippen LogP contribution in [0, 0.1) is 0 Å². The number of nitrogen functional groups attached to an aromatic ring is 1. The van der Waals surface area contributed by atoms with Gasteiger partial charge in [-0.1, -0.05) is 39.0 Å². The molecule has 0 bridgehead atoms. The number of methoxy groups -OCH3 is 1. The average Bonchev–Trinajstić information content (AvgIpc) is 3.14. The number of rotatable bonds is 5. The lowest BCUT2D eigenvalue weighted by Crippen LogP contribution is -1.88. The second-order valence-electron chi connectivity index (χ2n) is 4.18. The molecule has 0 radical (unpaired) electrons. The van der Waals surface area contributed by atoms with Crippen LogP contribution in [-0.4, -0.2) is 22.3 Å². The second-order valence-corrected chi connectivity index (χ2v) is 8.19. The fraction of sp³-hybridized carbons (Fsp3) is 0.154. The van der Waals surface area contributed by atoms with Gasteiger partial charge in [-0.05, 0) is 18.2 Å². The fourth-order valence-corrected chi connectivity index (χ4v) is 4.59. The molecule has 0 fully saturated rings. The molecule has 0 aliphatic rings. The lowest BCUT2D eigenvalue weighted by atomic mass is 10.2. The van der Waals surface area contributed by atoms with Crippen molar-refractivity contribution in [1.82, 2.24) is 15.2 Å². The Kier molecular flexibility index (Phi) is 4.97. The molecule has 0 atom stereocenters. The minimum Gasteiger partial charge on any atom is -0.496 e. The van der Waals surface area contributed by atoms with Gasteiger partial charge in [0.25, 0.3) is 0 Å². The molecule has 0 saturated carbocycles. The van der Waals surface area contributed by atoms with Crippen molar-refractivity contribution >= 4 is 55.5 Å². The van der Waals surface area contributed by atoms with Gasteiger partial charge in [-0.3, -0.25) is 0 Å². The molecule has 0 amide bonds. The number of nitrogens with zero attached hydrogens (tertiary/aromatic N) is 3. The predicted molar refractivity (Wildman–Crippen MR) is 95.7 cm³/mol. The van der Waals surface area contributed by atoms with E-state index in [9.17, 15) is 0 Å². The zero-order valence-electron chi connectivity index (χ0n) is 11.4. The first kappa shape index (κ1) is 15.7. The van der Waals surface area contributed by atoms with Crippen molar-refractivity contribution in [3.8, 4) is 16.3 Å². The minimum absolute atomic E-state index is 0.486. The number of thioether (sulfide) groups is 1. The molecule has 3 rings (SSSR count). The quantitative estimate of drug-likeness (QED) is 0.626. The van der Waals surface area contributed by atoms with Gasteiger partial charge >= 0.3 is 0 Å². The molecule has 0 spiro atoms. The molecule has 0 unspecified atom stereocenters. The Hall–Kier alpha value is -1.16. The molecule has 22 heavy (non-hydrogen) atoms. The smallest absolute Gasteiger partial charge is 0.203 e. The van der Waals surface area contributed by atoms with Crippen molar-refractivity contribution in [3.05, 3.63) is 33.7 Å². The summed E-state index contributed by atoms with van der Waals surface area (Å²) >= 11 is 8.05. The first-order chi connectivity index (χ1) is 10.7. The zero-order valence-corrected chi connectivity index (χ0v) is 15.5. The number of benzene rings is 1. The minimum atomic E-state index is 0.486. The van der Waals surface area contributed by atoms with E-state index >= 15 is 0 Å². The molecule has 0 saturated heterocycles. The van der Waals surface area contributed by atoms with E-state index in [1.165, 1.54) is 11.3 Å². The molecule has 2 heterocycles. The van der Waals surface area contributed by atoms with Gasteiger partial charge in [0, 0.05) is 15.6 Å². The largest absolute Gasteiger partial charge is 0.496 e. The number of ether oxygens (including phenoxy) is 1. The van der Waals surface area contributed by atoms with Gasteiger partial charge in [0.15, 0.2) is 4.34 Å². The number of anilines is 1. The van der Waals surface area contributed by atoms with Crippen molar-refractivity contribution < 1.29 is 4.74 Å². The van der Waals surface area contributed by atoms with Gasteiger partial charge in [0.05, 0.1) is 18.4 Å². The molecule has 1 aromatic carbocycles. The number of hydrogen-bond donors (Lipinski definition) is 1. The summed E-state index contributed by atoms with van der Waals surface area (Å²) in [5, 5.41) is 11.3. The molecular formula is C13H11BrN4OS3. The maximum Gasteiger partial charge on any atom is 0.203 e. The van der Waals surface area contributed by atoms with Crippen LogP contribution in [0.25, 0.3) is 10.6 Å². The van der Waals surface area contributed by atoms with E-state index in [1.54, 1.807) is 30.2 Å². The van der Waals surface area contributed by atoms with E-state index in [4.69, 9.17) is 10.5 Å². The van der Waals surface area contributed by atoms with E-state index in [0.29, 0.717) is 5.13 Å². The van der Waals surface area contributed by atoms with E-state index in [1.807, 2.05) is 23.6 Å². The molecular weight excluding hydrogens is 404 g/mol. The summed E-state index contributed by atoms with van der Waals surface area (Å²) in [6.45, 7) is 0. The van der Waals surface area contributed by atoms with Gasteiger partial charge in [0.2, 0.25) is 5.13 Å². The van der Waals surface area contributed by atoms with Gasteiger partial charge < -0.3 is 10.5 Å². The van der Waals surface area contributed by atoms with Gasteiger partial charge in [-0.25, -0.2) is 4.98 Å². The molecule has 9 heteroatoms. The highest BCUT2D eigenvalue weighted by Gasteiger charge is 2.12. The standard InChI is InChI=1S/C13H11BrN4OS3/c1-19-10-3-2-7(14)4-9(10)11-16-8(5-20-11)6-21-13-18-17-12(15)22-13/h2-5H,6H2,1H3,(H2,15,17). The Balaban J connectivity index is 1.77. The summed E-state index contributed by atoms with van der Waals surface area (Å²) in [4.78, 5) is 4.67. The third-order valence-corrected chi connectivity index (χ3v) is 6.05. The van der Waals surface area contributed by atoms with Gasteiger partial charge in [-0.15, -0.1) is 21.5 Å². The number of nitrogens with two attached hydrogens (primary N) is 1. The maximum atomic E-state index is 5.57. The van der Waals surface area contributed by atoms with Crippen molar-refractivity contribution in [3.63, 3.8) is 0 Å². The highest BCUT2D eigenvalue weighted by molar-refractivity contribution is 9.10. The van der Waals surface area contributed by atoms with Crippen LogP contribution in [0.4, 0.5) is 5.13 Å². The van der Waals surface area contributed by atoms with Crippen LogP contribution in [0.3, 0.4) is 0 Å². The Morgan fingerprint density at radius 3 is 2.95 bits per heavy atom. The normalized spacial score (nSPS) is 10.8. The molecule has 2 N–H and O–H groups in total. The molecule has 114 valence electrons. The van der Waals surface area contributed by atoms with Crippen LogP contribution in [0.5, 0.6) is 5.75 Å². The first-order valence-electron chi connectivity index (χ1n) is 6.16. The van der Waals surface area contributed by atoms with E-state index < -0.39 is 0 Å². The highest BCUT2D eigenvalue weighted by Crippen LogP contribution is 2.35. The summed E-state index contributed by atoms with van der Waals surface area (Å²) in [5.41, 5.74) is 7.56. The Bertz CT molecular complexity index is 789. The molecule has 3 aromatic rings. The lowest BCUT2D eigenvalue weighted by molar-refractivity contribution is 0.416. The Morgan fingerprint density at radius 2 is 2.23 bits per heavy atom. The topological polar surface area (TPSA) is 73.9 Å². The summed E-state index contributed by atoms with van der Waals surface area (Å²) in [6, 6.07) is 5.89. The summed E-state index contributed by atoms with van der Waals surface area (Å²) in [5.74, 6) is 1.55. The van der Waals surface area contributed by atoms with Crippen molar-refractivity contribution in [2.75, 3.05) is 12.8 Å². The summed E-state index contributed by atoms with van der Waals surface area (Å²) in [7, 11) is 1.66. The number of hydrogen-bond acceptors (Lipinski definition) is 8. The first-order valence-corrected chi connectivity index (χ1v) is 9.63.